The van der Waals surface area contributed by atoms with Crippen LogP contribution in [0, 0.1) is 0 Å². The molecule has 0 spiro atoms. The van der Waals surface area contributed by atoms with Gasteiger partial charge in [0.1, 0.15) is 0 Å². The minimum atomic E-state index is -3.52. The summed E-state index contributed by atoms with van der Waals surface area (Å²) in [5.41, 5.74) is 0.423. The third kappa shape index (κ3) is 4.06. The van der Waals surface area contributed by atoms with Crippen molar-refractivity contribution in [2.24, 2.45) is 0 Å². The number of carbonyl (C=O) groups excluding carboxylic acids is 1. The Balaban J connectivity index is 2.02. The number of amides is 2. The van der Waals surface area contributed by atoms with Crippen LogP contribution in [-0.2, 0) is 16.6 Å². The fourth-order valence-corrected chi connectivity index (χ4v) is 3.29. The van der Waals surface area contributed by atoms with E-state index in [1.54, 1.807) is 23.5 Å². The smallest absolute Gasteiger partial charge is 0.319 e. The highest BCUT2D eigenvalue weighted by Crippen LogP contribution is 2.18. The molecular formula is C14H17N3O3S2. The average molecular weight is 339 g/mol. The van der Waals surface area contributed by atoms with E-state index in [1.807, 2.05) is 17.5 Å². The van der Waals surface area contributed by atoms with Crippen molar-refractivity contribution in [3.05, 3.63) is 46.7 Å². The standard InChI is InChI=1S/C14H17N3O3S2/c1-17(2)22(19,20)13-7-3-5-11(9-13)16-14(18)15-10-12-6-4-8-21-12/h3-9H,10H2,1-2H3,(H2,15,16,18). The molecule has 0 bridgehead atoms. The van der Waals surface area contributed by atoms with E-state index in [1.165, 1.54) is 26.2 Å². The predicted octanol–water partition coefficient (Wildman–Crippen LogP) is 2.32. The predicted molar refractivity (Wildman–Crippen MR) is 87.5 cm³/mol. The number of carbonyl (C=O) groups is 1. The maximum atomic E-state index is 12.1. The van der Waals surface area contributed by atoms with E-state index in [2.05, 4.69) is 10.6 Å². The summed E-state index contributed by atoms with van der Waals surface area (Å²) in [6.07, 6.45) is 0. The van der Waals surface area contributed by atoms with Gasteiger partial charge < -0.3 is 10.6 Å². The Labute approximate surface area is 133 Å². The highest BCUT2D eigenvalue weighted by molar-refractivity contribution is 7.89. The number of anilines is 1. The van der Waals surface area contributed by atoms with E-state index in [4.69, 9.17) is 0 Å². The van der Waals surface area contributed by atoms with Gasteiger partial charge in [-0.05, 0) is 29.6 Å². The van der Waals surface area contributed by atoms with E-state index in [0.29, 0.717) is 12.2 Å². The number of nitrogens with one attached hydrogen (secondary N) is 2. The van der Waals surface area contributed by atoms with Crippen LogP contribution in [-0.4, -0.2) is 32.8 Å². The third-order valence-electron chi connectivity index (χ3n) is 2.87. The van der Waals surface area contributed by atoms with Gasteiger partial charge in [-0.3, -0.25) is 0 Å². The van der Waals surface area contributed by atoms with Crippen molar-refractivity contribution in [3.63, 3.8) is 0 Å². The van der Waals surface area contributed by atoms with E-state index in [-0.39, 0.29) is 10.9 Å². The fourth-order valence-electron chi connectivity index (χ4n) is 1.70. The molecule has 1 aromatic carbocycles. The minimum absolute atomic E-state index is 0.133. The molecule has 2 N–H and O–H groups in total. The van der Waals surface area contributed by atoms with E-state index in [9.17, 15) is 13.2 Å². The molecule has 0 radical (unpaired) electrons. The van der Waals surface area contributed by atoms with Crippen LogP contribution in [0.15, 0.2) is 46.7 Å². The molecule has 22 heavy (non-hydrogen) atoms. The van der Waals surface area contributed by atoms with Gasteiger partial charge in [-0.25, -0.2) is 17.5 Å². The summed E-state index contributed by atoms with van der Waals surface area (Å²) < 4.78 is 25.2. The quantitative estimate of drug-likeness (QED) is 0.877. The summed E-state index contributed by atoms with van der Waals surface area (Å²) in [5.74, 6) is 0. The topological polar surface area (TPSA) is 78.5 Å². The van der Waals surface area contributed by atoms with Crippen LogP contribution in [0.5, 0.6) is 0 Å². The zero-order valence-corrected chi connectivity index (χ0v) is 13.9. The van der Waals surface area contributed by atoms with Crippen LogP contribution in [0.25, 0.3) is 0 Å². The number of sulfonamides is 1. The summed E-state index contributed by atoms with van der Waals surface area (Å²) in [4.78, 5) is 13.0. The highest BCUT2D eigenvalue weighted by atomic mass is 32.2. The lowest BCUT2D eigenvalue weighted by atomic mass is 10.3. The Kier molecular flexibility index (Phi) is 5.17. The Morgan fingerprint density at radius 3 is 2.64 bits per heavy atom. The van der Waals surface area contributed by atoms with Gasteiger partial charge in [0.05, 0.1) is 11.4 Å². The Hall–Kier alpha value is -1.90. The number of nitrogens with zero attached hydrogens (tertiary/aromatic N) is 1. The maximum absolute atomic E-state index is 12.1. The SMILES string of the molecule is CN(C)S(=O)(=O)c1cccc(NC(=O)NCc2cccs2)c1. The van der Waals surface area contributed by atoms with Crippen LogP contribution < -0.4 is 10.6 Å². The summed E-state index contributed by atoms with van der Waals surface area (Å²) >= 11 is 1.55. The number of thiophene rings is 1. The van der Waals surface area contributed by atoms with E-state index in [0.717, 1.165) is 9.18 Å². The first-order valence-corrected chi connectivity index (χ1v) is 8.81. The molecule has 0 saturated heterocycles. The van der Waals surface area contributed by atoms with Crippen molar-refractivity contribution in [1.29, 1.82) is 0 Å². The average Bonchev–Trinajstić information content (AvgIpc) is 2.98. The summed E-state index contributed by atoms with van der Waals surface area (Å²) in [6, 6.07) is 9.60. The molecule has 0 aliphatic carbocycles. The van der Waals surface area contributed by atoms with E-state index < -0.39 is 10.0 Å². The molecule has 2 aromatic rings. The molecule has 0 saturated carbocycles. The van der Waals surface area contributed by atoms with Gasteiger partial charge in [-0.1, -0.05) is 12.1 Å². The van der Waals surface area contributed by atoms with Crippen LogP contribution in [0.2, 0.25) is 0 Å². The zero-order chi connectivity index (χ0) is 16.2. The number of hydrogen-bond acceptors (Lipinski definition) is 4. The van der Waals surface area contributed by atoms with Crippen molar-refractivity contribution in [2.45, 2.75) is 11.4 Å². The normalized spacial score (nSPS) is 11.4. The summed E-state index contributed by atoms with van der Waals surface area (Å²) in [7, 11) is -0.597. The van der Waals surface area contributed by atoms with Crippen molar-refractivity contribution < 1.29 is 13.2 Å². The molecule has 2 amide bonds. The first-order chi connectivity index (χ1) is 10.4. The number of hydrogen-bond donors (Lipinski definition) is 2. The second-order valence-electron chi connectivity index (χ2n) is 4.70. The van der Waals surface area contributed by atoms with Crippen molar-refractivity contribution in [1.82, 2.24) is 9.62 Å². The van der Waals surface area contributed by atoms with Gasteiger partial charge in [-0.2, -0.15) is 0 Å². The lowest BCUT2D eigenvalue weighted by Gasteiger charge is -2.13. The Morgan fingerprint density at radius 2 is 2.00 bits per heavy atom. The highest BCUT2D eigenvalue weighted by Gasteiger charge is 2.17. The molecule has 0 aliphatic heterocycles. The minimum Gasteiger partial charge on any atom is -0.333 e. The first-order valence-electron chi connectivity index (χ1n) is 6.49. The Bertz CT molecular complexity index is 740. The van der Waals surface area contributed by atoms with E-state index >= 15 is 0 Å². The first kappa shape index (κ1) is 16.5. The zero-order valence-electron chi connectivity index (χ0n) is 12.2. The second kappa shape index (κ2) is 6.91. The lowest BCUT2D eigenvalue weighted by molar-refractivity contribution is 0.252. The van der Waals surface area contributed by atoms with Gasteiger partial charge in [0.2, 0.25) is 10.0 Å². The lowest BCUT2D eigenvalue weighted by Crippen LogP contribution is -2.28. The monoisotopic (exact) mass is 339 g/mol. The number of benzene rings is 1. The molecule has 0 aliphatic rings. The molecular weight excluding hydrogens is 322 g/mol. The summed E-state index contributed by atoms with van der Waals surface area (Å²) in [5, 5.41) is 7.28. The molecule has 6 nitrogen and oxygen atoms in total. The van der Waals surface area contributed by atoms with Crippen LogP contribution in [0.4, 0.5) is 10.5 Å². The van der Waals surface area contributed by atoms with Gasteiger partial charge in [0.15, 0.2) is 0 Å². The Morgan fingerprint density at radius 1 is 1.23 bits per heavy atom. The van der Waals surface area contributed by atoms with Gasteiger partial charge >= 0.3 is 6.03 Å². The molecule has 0 fully saturated rings. The molecule has 0 unspecified atom stereocenters. The molecule has 1 aromatic heterocycles. The van der Waals surface area contributed by atoms with Crippen LogP contribution in [0.3, 0.4) is 0 Å². The van der Waals surface area contributed by atoms with Crippen molar-refractivity contribution >= 4 is 33.1 Å². The largest absolute Gasteiger partial charge is 0.333 e. The van der Waals surface area contributed by atoms with Crippen molar-refractivity contribution in [2.75, 3.05) is 19.4 Å². The second-order valence-corrected chi connectivity index (χ2v) is 7.89. The maximum Gasteiger partial charge on any atom is 0.319 e. The molecule has 2 rings (SSSR count). The molecule has 1 heterocycles. The number of rotatable bonds is 5. The van der Waals surface area contributed by atoms with Crippen LogP contribution in [0.1, 0.15) is 4.88 Å². The number of urea groups is 1. The van der Waals surface area contributed by atoms with Gasteiger partial charge in [0, 0.05) is 24.7 Å². The van der Waals surface area contributed by atoms with Crippen molar-refractivity contribution in [3.8, 4) is 0 Å². The van der Waals surface area contributed by atoms with Gasteiger partial charge in [-0.15, -0.1) is 11.3 Å². The van der Waals surface area contributed by atoms with Crippen LogP contribution >= 0.6 is 11.3 Å². The molecule has 8 heteroatoms. The summed E-state index contributed by atoms with van der Waals surface area (Å²) in [6.45, 7) is 0.430. The molecule has 0 atom stereocenters. The van der Waals surface area contributed by atoms with Gasteiger partial charge in [0.25, 0.3) is 0 Å². The molecule has 118 valence electrons. The fraction of sp³-hybridized carbons (Fsp3) is 0.214. The third-order valence-corrected chi connectivity index (χ3v) is 5.56.